The van der Waals surface area contributed by atoms with Gasteiger partial charge in [0, 0.05) is 0 Å². The lowest BCUT2D eigenvalue weighted by atomic mass is 10.1. The van der Waals surface area contributed by atoms with Crippen LogP contribution in [0.5, 0.6) is 17.2 Å². The van der Waals surface area contributed by atoms with Crippen LogP contribution < -0.4 is 19.5 Å². The monoisotopic (exact) mass is 544 g/mol. The molecule has 10 heteroatoms. The first-order valence-corrected chi connectivity index (χ1v) is 11.6. The van der Waals surface area contributed by atoms with E-state index >= 15 is 0 Å². The van der Waals surface area contributed by atoms with Gasteiger partial charge in [-0.05, 0) is 67.1 Å². The number of nitriles is 1. The van der Waals surface area contributed by atoms with E-state index in [1.54, 1.807) is 49.4 Å². The standard InChI is InChI=1S/C26H19Cl3N2O5/c1-3-35-22-13-15(11-17(14-30)25(32)31-21-6-4-5-19(27)23(21)29)12-20(28)24(22)36-26(33)16-7-9-18(34-2)10-8-16/h4-13H,3H2,1-2H3,(H,31,32)/b17-11+. The summed E-state index contributed by atoms with van der Waals surface area (Å²) in [6.45, 7) is 1.99. The Morgan fingerprint density at radius 3 is 2.42 bits per heavy atom. The molecule has 0 aliphatic rings. The molecule has 0 unspecified atom stereocenters. The molecule has 0 saturated heterocycles. The van der Waals surface area contributed by atoms with Gasteiger partial charge in [0.2, 0.25) is 0 Å². The number of methoxy groups -OCH3 is 1. The van der Waals surface area contributed by atoms with Gasteiger partial charge < -0.3 is 19.5 Å². The molecule has 0 bridgehead atoms. The Kier molecular flexibility index (Phi) is 9.20. The van der Waals surface area contributed by atoms with E-state index in [0.717, 1.165) is 0 Å². The predicted octanol–water partition coefficient (Wildman–Crippen LogP) is 6.82. The third kappa shape index (κ3) is 6.49. The van der Waals surface area contributed by atoms with E-state index in [1.807, 2.05) is 6.07 Å². The first-order chi connectivity index (χ1) is 17.3. The van der Waals surface area contributed by atoms with Crippen molar-refractivity contribution in [2.75, 3.05) is 19.0 Å². The van der Waals surface area contributed by atoms with Gasteiger partial charge >= 0.3 is 5.97 Å². The molecule has 0 saturated carbocycles. The molecule has 1 N–H and O–H groups in total. The molecular weight excluding hydrogens is 527 g/mol. The van der Waals surface area contributed by atoms with Crippen LogP contribution in [0.2, 0.25) is 15.1 Å². The molecule has 3 rings (SSSR count). The van der Waals surface area contributed by atoms with Gasteiger partial charge in [-0.1, -0.05) is 40.9 Å². The molecule has 7 nitrogen and oxygen atoms in total. The summed E-state index contributed by atoms with van der Waals surface area (Å²) in [5.41, 5.74) is 0.676. The normalized spacial score (nSPS) is 10.8. The van der Waals surface area contributed by atoms with Gasteiger partial charge in [-0.2, -0.15) is 5.26 Å². The zero-order chi connectivity index (χ0) is 26.2. The lowest BCUT2D eigenvalue weighted by Crippen LogP contribution is -2.14. The number of carbonyl (C=O) groups excluding carboxylic acids is 2. The fraction of sp³-hybridized carbons (Fsp3) is 0.115. The number of halogens is 3. The van der Waals surface area contributed by atoms with E-state index in [-0.39, 0.29) is 50.0 Å². The second-order valence-corrected chi connectivity index (χ2v) is 8.30. The van der Waals surface area contributed by atoms with Crippen LogP contribution in [0.15, 0.2) is 60.2 Å². The number of hydrogen-bond acceptors (Lipinski definition) is 6. The van der Waals surface area contributed by atoms with Crippen molar-refractivity contribution in [1.82, 2.24) is 0 Å². The minimum atomic E-state index is -0.703. The third-order valence-corrected chi connectivity index (χ3v) is 5.83. The van der Waals surface area contributed by atoms with Gasteiger partial charge in [-0.3, -0.25) is 4.79 Å². The second-order valence-electron chi connectivity index (χ2n) is 7.11. The molecule has 3 aromatic rings. The summed E-state index contributed by atoms with van der Waals surface area (Å²) >= 11 is 18.5. The van der Waals surface area contributed by atoms with Gasteiger partial charge in [0.05, 0.1) is 40.0 Å². The summed E-state index contributed by atoms with van der Waals surface area (Å²) in [6.07, 6.45) is 1.32. The van der Waals surface area contributed by atoms with Crippen LogP contribution in [0.25, 0.3) is 6.08 Å². The third-order valence-electron chi connectivity index (χ3n) is 4.73. The Hall–Kier alpha value is -3.70. The molecule has 0 aliphatic carbocycles. The highest BCUT2D eigenvalue weighted by Gasteiger charge is 2.19. The van der Waals surface area contributed by atoms with Crippen molar-refractivity contribution in [3.05, 3.63) is 86.4 Å². The van der Waals surface area contributed by atoms with Crippen LogP contribution in [-0.4, -0.2) is 25.6 Å². The molecule has 184 valence electrons. The molecule has 0 aromatic heterocycles. The number of amides is 1. The van der Waals surface area contributed by atoms with Crippen molar-refractivity contribution < 1.29 is 23.8 Å². The molecule has 0 radical (unpaired) electrons. The maximum atomic E-state index is 12.7. The molecule has 36 heavy (non-hydrogen) atoms. The average molecular weight is 546 g/mol. The van der Waals surface area contributed by atoms with E-state index < -0.39 is 11.9 Å². The molecule has 0 aliphatic heterocycles. The molecule has 0 heterocycles. The number of hydrogen-bond donors (Lipinski definition) is 1. The van der Waals surface area contributed by atoms with Crippen molar-refractivity contribution in [3.63, 3.8) is 0 Å². The minimum absolute atomic E-state index is 0.00477. The van der Waals surface area contributed by atoms with Crippen LogP contribution in [0.4, 0.5) is 5.69 Å². The molecule has 0 fully saturated rings. The maximum Gasteiger partial charge on any atom is 0.343 e. The van der Waals surface area contributed by atoms with E-state index in [2.05, 4.69) is 5.32 Å². The summed E-state index contributed by atoms with van der Waals surface area (Å²) in [4.78, 5) is 25.3. The smallest absolute Gasteiger partial charge is 0.343 e. The fourth-order valence-corrected chi connectivity index (χ4v) is 3.62. The van der Waals surface area contributed by atoms with Gasteiger partial charge in [-0.25, -0.2) is 4.79 Å². The number of rotatable bonds is 8. The Balaban J connectivity index is 1.89. The van der Waals surface area contributed by atoms with Crippen molar-refractivity contribution in [1.29, 1.82) is 5.26 Å². The number of benzene rings is 3. The highest BCUT2D eigenvalue weighted by molar-refractivity contribution is 6.44. The summed E-state index contributed by atoms with van der Waals surface area (Å²) in [7, 11) is 1.52. The van der Waals surface area contributed by atoms with Crippen LogP contribution >= 0.6 is 34.8 Å². The van der Waals surface area contributed by atoms with E-state index in [0.29, 0.717) is 11.3 Å². The number of anilines is 1. The van der Waals surface area contributed by atoms with Crippen LogP contribution in [-0.2, 0) is 4.79 Å². The van der Waals surface area contributed by atoms with Crippen molar-refractivity contribution >= 4 is 58.4 Å². The van der Waals surface area contributed by atoms with Gasteiger partial charge in [0.25, 0.3) is 5.91 Å². The Bertz CT molecular complexity index is 1370. The van der Waals surface area contributed by atoms with E-state index in [1.165, 1.54) is 25.3 Å². The summed E-state index contributed by atoms with van der Waals surface area (Å²) in [6, 6.07) is 15.9. The zero-order valence-electron chi connectivity index (χ0n) is 19.1. The Morgan fingerprint density at radius 2 is 1.78 bits per heavy atom. The highest BCUT2D eigenvalue weighted by Crippen LogP contribution is 2.38. The van der Waals surface area contributed by atoms with Crippen molar-refractivity contribution in [3.8, 4) is 23.3 Å². The summed E-state index contributed by atoms with van der Waals surface area (Å²) in [5.74, 6) is -0.602. The number of esters is 1. The first kappa shape index (κ1) is 26.9. The summed E-state index contributed by atoms with van der Waals surface area (Å²) in [5, 5.41) is 12.6. The summed E-state index contributed by atoms with van der Waals surface area (Å²) < 4.78 is 16.2. The predicted molar refractivity (Wildman–Crippen MR) is 139 cm³/mol. The lowest BCUT2D eigenvalue weighted by molar-refractivity contribution is -0.112. The fourth-order valence-electron chi connectivity index (χ4n) is 3.02. The maximum absolute atomic E-state index is 12.7. The second kappa shape index (κ2) is 12.3. The van der Waals surface area contributed by atoms with Gasteiger partial charge in [0.15, 0.2) is 11.5 Å². The van der Waals surface area contributed by atoms with Crippen LogP contribution in [0, 0.1) is 11.3 Å². The zero-order valence-corrected chi connectivity index (χ0v) is 21.4. The molecule has 0 atom stereocenters. The Labute approximate surface area is 222 Å². The lowest BCUT2D eigenvalue weighted by Gasteiger charge is -2.14. The molecule has 3 aromatic carbocycles. The minimum Gasteiger partial charge on any atom is -0.497 e. The van der Waals surface area contributed by atoms with Gasteiger partial charge in [0.1, 0.15) is 17.4 Å². The van der Waals surface area contributed by atoms with E-state index in [9.17, 15) is 14.9 Å². The van der Waals surface area contributed by atoms with Crippen molar-refractivity contribution in [2.24, 2.45) is 0 Å². The number of nitrogens with zero attached hydrogens (tertiary/aromatic N) is 1. The molecule has 1 amide bonds. The van der Waals surface area contributed by atoms with E-state index in [4.69, 9.17) is 49.0 Å². The highest BCUT2D eigenvalue weighted by atomic mass is 35.5. The topological polar surface area (TPSA) is 97.6 Å². The largest absolute Gasteiger partial charge is 0.497 e. The van der Waals surface area contributed by atoms with Crippen LogP contribution in [0.1, 0.15) is 22.8 Å². The molecular formula is C26H19Cl3N2O5. The quantitative estimate of drug-likeness (QED) is 0.144. The first-order valence-electron chi connectivity index (χ1n) is 10.5. The number of ether oxygens (including phenoxy) is 3. The Morgan fingerprint density at radius 1 is 1.06 bits per heavy atom. The molecule has 0 spiro atoms. The number of nitrogens with one attached hydrogen (secondary N) is 1. The average Bonchev–Trinajstić information content (AvgIpc) is 2.87. The number of carbonyl (C=O) groups is 2. The van der Waals surface area contributed by atoms with Crippen LogP contribution in [0.3, 0.4) is 0 Å². The van der Waals surface area contributed by atoms with Crippen molar-refractivity contribution in [2.45, 2.75) is 6.92 Å². The SMILES string of the molecule is CCOc1cc(/C=C(\C#N)C(=O)Nc2cccc(Cl)c2Cl)cc(Cl)c1OC(=O)c1ccc(OC)cc1. The van der Waals surface area contributed by atoms with Gasteiger partial charge in [-0.15, -0.1) is 0 Å².